The minimum Gasteiger partial charge on any atom is -0.495 e. The zero-order chi connectivity index (χ0) is 13.3. The van der Waals surface area contributed by atoms with Crippen molar-refractivity contribution in [3.8, 4) is 5.75 Å². The van der Waals surface area contributed by atoms with Gasteiger partial charge >= 0.3 is 5.97 Å². The third kappa shape index (κ3) is 2.15. The number of carboxylic acids is 1. The summed E-state index contributed by atoms with van der Waals surface area (Å²) in [5.74, 6) is -0.203. The van der Waals surface area contributed by atoms with Crippen LogP contribution in [-0.2, 0) is 4.79 Å². The maximum atomic E-state index is 11.2. The third-order valence-electron chi connectivity index (χ3n) is 3.72. The number of hydrogen-bond acceptors (Lipinski definition) is 3. The van der Waals surface area contributed by atoms with E-state index in [9.17, 15) is 9.90 Å². The zero-order valence-corrected chi connectivity index (χ0v) is 11.0. The van der Waals surface area contributed by atoms with Crippen LogP contribution in [0.3, 0.4) is 0 Å². The highest BCUT2D eigenvalue weighted by Gasteiger charge is 2.36. The average Bonchev–Trinajstić information content (AvgIpc) is 2.71. The highest BCUT2D eigenvalue weighted by molar-refractivity contribution is 5.74. The SMILES string of the molecule is COc1ccc(C)cc1N1CCC(C(=O)O)C1C. The van der Waals surface area contributed by atoms with Gasteiger partial charge in [-0.3, -0.25) is 4.79 Å². The molecule has 18 heavy (non-hydrogen) atoms. The summed E-state index contributed by atoms with van der Waals surface area (Å²) in [4.78, 5) is 13.3. The highest BCUT2D eigenvalue weighted by Crippen LogP contribution is 2.36. The largest absolute Gasteiger partial charge is 0.495 e. The van der Waals surface area contributed by atoms with E-state index < -0.39 is 5.97 Å². The highest BCUT2D eigenvalue weighted by atomic mass is 16.5. The molecule has 1 fully saturated rings. The molecule has 0 spiro atoms. The van der Waals surface area contributed by atoms with Crippen LogP contribution in [-0.4, -0.2) is 30.8 Å². The van der Waals surface area contributed by atoms with Gasteiger partial charge in [0.05, 0.1) is 18.7 Å². The molecule has 1 aromatic rings. The molecule has 0 bridgehead atoms. The second-order valence-electron chi connectivity index (χ2n) is 4.84. The number of nitrogens with zero attached hydrogens (tertiary/aromatic N) is 1. The summed E-state index contributed by atoms with van der Waals surface area (Å²) in [6, 6.07) is 5.99. The fourth-order valence-corrected chi connectivity index (χ4v) is 2.63. The summed E-state index contributed by atoms with van der Waals surface area (Å²) in [5, 5.41) is 9.17. The zero-order valence-electron chi connectivity index (χ0n) is 11.0. The topological polar surface area (TPSA) is 49.8 Å². The van der Waals surface area contributed by atoms with Crippen LogP contribution in [0.1, 0.15) is 18.9 Å². The lowest BCUT2D eigenvalue weighted by atomic mass is 10.0. The molecule has 1 heterocycles. The first kappa shape index (κ1) is 12.7. The van der Waals surface area contributed by atoms with Crippen molar-refractivity contribution in [3.05, 3.63) is 23.8 Å². The maximum absolute atomic E-state index is 11.2. The molecular formula is C14H19NO3. The molecular weight excluding hydrogens is 230 g/mol. The van der Waals surface area contributed by atoms with E-state index in [0.717, 1.165) is 23.5 Å². The monoisotopic (exact) mass is 249 g/mol. The number of benzene rings is 1. The first-order chi connectivity index (χ1) is 8.54. The summed E-state index contributed by atoms with van der Waals surface area (Å²) in [6.07, 6.45) is 0.688. The van der Waals surface area contributed by atoms with Gasteiger partial charge in [0, 0.05) is 12.6 Å². The van der Waals surface area contributed by atoms with Crippen molar-refractivity contribution in [2.45, 2.75) is 26.3 Å². The average molecular weight is 249 g/mol. The van der Waals surface area contributed by atoms with E-state index >= 15 is 0 Å². The molecule has 4 heteroatoms. The van der Waals surface area contributed by atoms with Gasteiger partial charge < -0.3 is 14.7 Å². The number of methoxy groups -OCH3 is 1. The summed E-state index contributed by atoms with van der Waals surface area (Å²) in [6.45, 7) is 4.75. The Kier molecular flexibility index (Phi) is 3.45. The number of carbonyl (C=O) groups is 1. The summed E-state index contributed by atoms with van der Waals surface area (Å²) in [5.41, 5.74) is 2.14. The van der Waals surface area contributed by atoms with Crippen LogP contribution in [0.25, 0.3) is 0 Å². The lowest BCUT2D eigenvalue weighted by Crippen LogP contribution is -2.33. The Morgan fingerprint density at radius 2 is 2.22 bits per heavy atom. The van der Waals surface area contributed by atoms with E-state index in [1.54, 1.807) is 7.11 Å². The maximum Gasteiger partial charge on any atom is 0.308 e. The lowest BCUT2D eigenvalue weighted by Gasteiger charge is -2.27. The van der Waals surface area contributed by atoms with Crippen molar-refractivity contribution in [1.82, 2.24) is 0 Å². The van der Waals surface area contributed by atoms with Gasteiger partial charge in [-0.15, -0.1) is 0 Å². The summed E-state index contributed by atoms with van der Waals surface area (Å²) in [7, 11) is 1.64. The van der Waals surface area contributed by atoms with Crippen molar-refractivity contribution in [1.29, 1.82) is 0 Å². The van der Waals surface area contributed by atoms with Gasteiger partial charge in [0.15, 0.2) is 0 Å². The van der Waals surface area contributed by atoms with Gasteiger partial charge in [-0.1, -0.05) is 6.07 Å². The summed E-state index contributed by atoms with van der Waals surface area (Å²) >= 11 is 0. The van der Waals surface area contributed by atoms with E-state index in [-0.39, 0.29) is 12.0 Å². The van der Waals surface area contributed by atoms with Crippen LogP contribution in [0.4, 0.5) is 5.69 Å². The molecule has 0 aliphatic carbocycles. The molecule has 1 aliphatic rings. The minimum atomic E-state index is -0.711. The second-order valence-corrected chi connectivity index (χ2v) is 4.84. The molecule has 1 aromatic carbocycles. The number of ether oxygens (including phenoxy) is 1. The Labute approximate surface area is 107 Å². The van der Waals surface area contributed by atoms with Crippen LogP contribution < -0.4 is 9.64 Å². The first-order valence-electron chi connectivity index (χ1n) is 6.18. The van der Waals surface area contributed by atoms with Crippen LogP contribution in [0.5, 0.6) is 5.75 Å². The van der Waals surface area contributed by atoms with Gasteiger partial charge in [0.25, 0.3) is 0 Å². The molecule has 0 amide bonds. The number of rotatable bonds is 3. The van der Waals surface area contributed by atoms with Gasteiger partial charge in [-0.2, -0.15) is 0 Å². The summed E-state index contributed by atoms with van der Waals surface area (Å²) < 4.78 is 5.37. The standard InChI is InChI=1S/C14H19NO3/c1-9-4-5-13(18-3)12(8-9)15-7-6-11(10(15)2)14(16)17/h4-5,8,10-11H,6-7H2,1-3H3,(H,16,17). The molecule has 2 atom stereocenters. The van der Waals surface area contributed by atoms with E-state index in [1.165, 1.54) is 0 Å². The molecule has 1 saturated heterocycles. The molecule has 2 rings (SSSR count). The predicted octanol–water partition coefficient (Wildman–Crippen LogP) is 2.30. The molecule has 1 aliphatic heterocycles. The second kappa shape index (κ2) is 4.88. The molecule has 0 radical (unpaired) electrons. The Hall–Kier alpha value is -1.71. The van der Waals surface area contributed by atoms with Crippen molar-refractivity contribution in [3.63, 3.8) is 0 Å². The Balaban J connectivity index is 2.32. The smallest absolute Gasteiger partial charge is 0.308 e. The van der Waals surface area contributed by atoms with Crippen LogP contribution >= 0.6 is 0 Å². The van der Waals surface area contributed by atoms with Crippen molar-refractivity contribution in [2.75, 3.05) is 18.6 Å². The van der Waals surface area contributed by atoms with Crippen molar-refractivity contribution in [2.24, 2.45) is 5.92 Å². The Bertz CT molecular complexity index is 458. The molecule has 4 nitrogen and oxygen atoms in total. The van der Waals surface area contributed by atoms with Crippen molar-refractivity contribution >= 4 is 11.7 Å². The molecule has 0 aromatic heterocycles. The Morgan fingerprint density at radius 1 is 1.50 bits per heavy atom. The molecule has 1 N–H and O–H groups in total. The number of aryl methyl sites for hydroxylation is 1. The molecule has 0 saturated carbocycles. The number of anilines is 1. The number of aliphatic carboxylic acids is 1. The first-order valence-corrected chi connectivity index (χ1v) is 6.18. The van der Waals surface area contributed by atoms with Gasteiger partial charge in [0.2, 0.25) is 0 Å². The number of hydrogen-bond donors (Lipinski definition) is 1. The fraction of sp³-hybridized carbons (Fsp3) is 0.500. The Morgan fingerprint density at radius 3 is 2.78 bits per heavy atom. The lowest BCUT2D eigenvalue weighted by molar-refractivity contribution is -0.141. The van der Waals surface area contributed by atoms with E-state index in [4.69, 9.17) is 4.74 Å². The van der Waals surface area contributed by atoms with E-state index in [1.807, 2.05) is 26.0 Å². The molecule has 2 unspecified atom stereocenters. The van der Waals surface area contributed by atoms with Gasteiger partial charge in [0.1, 0.15) is 5.75 Å². The van der Waals surface area contributed by atoms with Gasteiger partial charge in [-0.25, -0.2) is 0 Å². The predicted molar refractivity (Wildman–Crippen MR) is 70.3 cm³/mol. The van der Waals surface area contributed by atoms with E-state index in [0.29, 0.717) is 6.42 Å². The quantitative estimate of drug-likeness (QED) is 0.893. The van der Waals surface area contributed by atoms with Crippen LogP contribution in [0.2, 0.25) is 0 Å². The van der Waals surface area contributed by atoms with Gasteiger partial charge in [-0.05, 0) is 38.0 Å². The number of carboxylic acid groups (broad SMARTS) is 1. The van der Waals surface area contributed by atoms with Crippen LogP contribution in [0.15, 0.2) is 18.2 Å². The van der Waals surface area contributed by atoms with E-state index in [2.05, 4.69) is 11.0 Å². The normalized spacial score (nSPS) is 23.2. The van der Waals surface area contributed by atoms with Crippen LogP contribution in [0, 0.1) is 12.8 Å². The fourth-order valence-electron chi connectivity index (χ4n) is 2.63. The molecule has 98 valence electrons. The minimum absolute atomic E-state index is 0.00167. The third-order valence-corrected chi connectivity index (χ3v) is 3.72. The van der Waals surface area contributed by atoms with Crippen molar-refractivity contribution < 1.29 is 14.6 Å².